The smallest absolute Gasteiger partial charge is 0.271 e. The normalized spacial score (nSPS) is 10.7. The number of benzene rings is 3. The minimum Gasteiger partial charge on any atom is -0.493 e. The summed E-state index contributed by atoms with van der Waals surface area (Å²) in [6.45, 7) is 2.39. The largest absolute Gasteiger partial charge is 0.493 e. The van der Waals surface area contributed by atoms with Crippen LogP contribution in [0.1, 0.15) is 28.4 Å². The zero-order chi connectivity index (χ0) is 26.1. The summed E-state index contributed by atoms with van der Waals surface area (Å²) < 4.78 is 21.9. The lowest BCUT2D eigenvalue weighted by atomic mass is 10.2. The Morgan fingerprint density at radius 2 is 1.75 bits per heavy atom. The first-order chi connectivity index (χ1) is 17.4. The number of nitrogens with one attached hydrogen (secondary N) is 1. The molecule has 3 aromatic rings. The predicted octanol–water partition coefficient (Wildman–Crippen LogP) is 5.01. The van der Waals surface area contributed by atoms with Crippen LogP contribution < -0.4 is 24.4 Å². The third kappa shape index (κ3) is 6.63. The number of hydrogen-bond acceptors (Lipinski definition) is 8. The molecule has 0 bridgehead atoms. The Balaban J connectivity index is 1.68. The summed E-state index contributed by atoms with van der Waals surface area (Å²) in [6.07, 6.45) is 1.42. The van der Waals surface area contributed by atoms with Crippen LogP contribution in [0.2, 0.25) is 5.02 Å². The van der Waals surface area contributed by atoms with Crippen molar-refractivity contribution in [2.75, 3.05) is 20.8 Å². The summed E-state index contributed by atoms with van der Waals surface area (Å²) in [5, 5.41) is 15.1. The molecule has 0 aromatic heterocycles. The first-order valence-electron chi connectivity index (χ1n) is 10.7. The van der Waals surface area contributed by atoms with Gasteiger partial charge in [0, 0.05) is 17.7 Å². The number of non-ortho nitro benzene ring substituents is 1. The van der Waals surface area contributed by atoms with Crippen LogP contribution in [0.3, 0.4) is 0 Å². The molecule has 0 unspecified atom stereocenters. The maximum Gasteiger partial charge on any atom is 0.271 e. The molecule has 0 saturated carbocycles. The van der Waals surface area contributed by atoms with Crippen LogP contribution in [0.5, 0.6) is 23.0 Å². The number of carbonyl (C=O) groups excluding carboxylic acids is 1. The quantitative estimate of drug-likeness (QED) is 0.217. The number of nitro groups is 1. The Labute approximate surface area is 212 Å². The van der Waals surface area contributed by atoms with Crippen LogP contribution >= 0.6 is 11.6 Å². The minimum absolute atomic E-state index is 0.00758. The van der Waals surface area contributed by atoms with Crippen LogP contribution in [0, 0.1) is 10.1 Å². The van der Waals surface area contributed by atoms with Crippen LogP contribution in [-0.4, -0.2) is 37.9 Å². The summed E-state index contributed by atoms with van der Waals surface area (Å²) in [7, 11) is 2.99. The summed E-state index contributed by atoms with van der Waals surface area (Å²) >= 11 is 6.39. The van der Waals surface area contributed by atoms with E-state index in [2.05, 4.69) is 10.5 Å². The van der Waals surface area contributed by atoms with Crippen LogP contribution in [0.4, 0.5) is 5.69 Å². The van der Waals surface area contributed by atoms with Gasteiger partial charge in [0.05, 0.1) is 37.0 Å². The highest BCUT2D eigenvalue weighted by atomic mass is 35.5. The molecule has 0 fully saturated rings. The first kappa shape index (κ1) is 26.3. The van der Waals surface area contributed by atoms with Crippen molar-refractivity contribution >= 4 is 29.4 Å². The van der Waals surface area contributed by atoms with E-state index >= 15 is 0 Å². The second kappa shape index (κ2) is 12.4. The van der Waals surface area contributed by atoms with Gasteiger partial charge in [-0.15, -0.1) is 0 Å². The van der Waals surface area contributed by atoms with Gasteiger partial charge >= 0.3 is 0 Å². The van der Waals surface area contributed by atoms with Gasteiger partial charge in [-0.2, -0.15) is 5.10 Å². The SMILES string of the molecule is CCOc1cc(C(=O)N/N=C/c2cc(Cl)c(OCc3ccc([N+](=O)[O-])cc3)c(OC)c2)ccc1OC. The molecule has 3 aromatic carbocycles. The Hall–Kier alpha value is -4.31. The lowest BCUT2D eigenvalue weighted by Gasteiger charge is -2.13. The number of hydrogen-bond donors (Lipinski definition) is 1. The zero-order valence-corrected chi connectivity index (χ0v) is 20.6. The van der Waals surface area contributed by atoms with Crippen molar-refractivity contribution in [1.82, 2.24) is 5.43 Å². The molecule has 0 heterocycles. The van der Waals surface area contributed by atoms with E-state index in [0.717, 1.165) is 5.56 Å². The summed E-state index contributed by atoms with van der Waals surface area (Å²) in [5.41, 5.74) is 4.08. The number of carbonyl (C=O) groups is 1. The third-order valence-corrected chi connectivity index (χ3v) is 5.17. The molecular weight excluding hydrogens is 490 g/mol. The molecule has 36 heavy (non-hydrogen) atoms. The van der Waals surface area contributed by atoms with Gasteiger partial charge in [0.15, 0.2) is 23.0 Å². The standard InChI is InChI=1S/C25H24ClN3O7/c1-4-35-22-13-18(7-10-21(22)33-2)25(30)28-27-14-17-11-20(26)24(23(12-17)34-3)36-15-16-5-8-19(9-6-16)29(31)32/h5-14H,4,15H2,1-3H3,(H,28,30)/b27-14+. The van der Waals surface area contributed by atoms with Crippen molar-refractivity contribution in [3.05, 3.63) is 86.4 Å². The maximum absolute atomic E-state index is 12.5. The number of ether oxygens (including phenoxy) is 4. The van der Waals surface area contributed by atoms with Crippen molar-refractivity contribution in [3.8, 4) is 23.0 Å². The number of methoxy groups -OCH3 is 2. The minimum atomic E-state index is -0.470. The van der Waals surface area contributed by atoms with E-state index in [4.69, 9.17) is 30.5 Å². The lowest BCUT2D eigenvalue weighted by Crippen LogP contribution is -2.17. The molecule has 11 heteroatoms. The monoisotopic (exact) mass is 513 g/mol. The molecule has 0 aliphatic heterocycles. The van der Waals surface area contributed by atoms with Crippen molar-refractivity contribution in [3.63, 3.8) is 0 Å². The second-order valence-corrected chi connectivity index (χ2v) is 7.65. The van der Waals surface area contributed by atoms with Gasteiger partial charge in [0.25, 0.3) is 11.6 Å². The van der Waals surface area contributed by atoms with Gasteiger partial charge in [0.2, 0.25) is 0 Å². The Kier molecular flexibility index (Phi) is 9.07. The number of halogens is 1. The highest BCUT2D eigenvalue weighted by Crippen LogP contribution is 2.36. The Bertz CT molecular complexity index is 1260. The van der Waals surface area contributed by atoms with Gasteiger partial charge in [-0.05, 0) is 60.5 Å². The van der Waals surface area contributed by atoms with E-state index in [9.17, 15) is 14.9 Å². The second-order valence-electron chi connectivity index (χ2n) is 7.24. The molecule has 0 spiro atoms. The van der Waals surface area contributed by atoms with Crippen molar-refractivity contribution < 1.29 is 28.7 Å². The Morgan fingerprint density at radius 3 is 2.39 bits per heavy atom. The first-order valence-corrected chi connectivity index (χ1v) is 11.1. The molecule has 0 aliphatic rings. The molecule has 0 saturated heterocycles. The molecule has 10 nitrogen and oxygen atoms in total. The molecule has 0 radical (unpaired) electrons. The fourth-order valence-corrected chi connectivity index (χ4v) is 3.41. The Morgan fingerprint density at radius 1 is 1.03 bits per heavy atom. The highest BCUT2D eigenvalue weighted by molar-refractivity contribution is 6.32. The van der Waals surface area contributed by atoms with E-state index in [1.165, 1.54) is 32.6 Å². The average molecular weight is 514 g/mol. The van der Waals surface area contributed by atoms with E-state index in [1.54, 1.807) is 42.5 Å². The van der Waals surface area contributed by atoms with Gasteiger partial charge in [-0.3, -0.25) is 14.9 Å². The molecule has 0 atom stereocenters. The summed E-state index contributed by atoms with van der Waals surface area (Å²) in [4.78, 5) is 22.8. The number of rotatable bonds is 11. The maximum atomic E-state index is 12.5. The molecular formula is C25H24ClN3O7. The zero-order valence-electron chi connectivity index (χ0n) is 19.8. The average Bonchev–Trinajstić information content (AvgIpc) is 2.88. The molecule has 1 N–H and O–H groups in total. The van der Waals surface area contributed by atoms with Crippen LogP contribution in [0.15, 0.2) is 59.7 Å². The van der Waals surface area contributed by atoms with E-state index in [0.29, 0.717) is 40.7 Å². The molecule has 0 aliphatic carbocycles. The summed E-state index contributed by atoms with van der Waals surface area (Å²) in [6, 6.07) is 14.1. The van der Waals surface area contributed by atoms with Gasteiger partial charge in [0.1, 0.15) is 6.61 Å². The van der Waals surface area contributed by atoms with E-state index < -0.39 is 10.8 Å². The fraction of sp³-hybridized carbons (Fsp3) is 0.200. The topological polar surface area (TPSA) is 122 Å². The molecule has 3 rings (SSSR count). The molecule has 188 valence electrons. The third-order valence-electron chi connectivity index (χ3n) is 4.89. The van der Waals surface area contributed by atoms with Crippen LogP contribution in [0.25, 0.3) is 0 Å². The number of nitrogens with zero attached hydrogens (tertiary/aromatic N) is 2. The van der Waals surface area contributed by atoms with E-state index in [1.807, 2.05) is 6.92 Å². The number of nitro benzene ring substituents is 1. The molecule has 1 amide bonds. The van der Waals surface area contributed by atoms with Gasteiger partial charge in [-0.1, -0.05) is 11.6 Å². The van der Waals surface area contributed by atoms with Gasteiger partial charge < -0.3 is 18.9 Å². The highest BCUT2D eigenvalue weighted by Gasteiger charge is 2.14. The van der Waals surface area contributed by atoms with Crippen molar-refractivity contribution in [2.45, 2.75) is 13.5 Å². The van der Waals surface area contributed by atoms with Gasteiger partial charge in [-0.25, -0.2) is 5.43 Å². The summed E-state index contributed by atoms with van der Waals surface area (Å²) in [5.74, 6) is 1.21. The number of amides is 1. The van der Waals surface area contributed by atoms with Crippen molar-refractivity contribution in [1.29, 1.82) is 0 Å². The van der Waals surface area contributed by atoms with Crippen molar-refractivity contribution in [2.24, 2.45) is 5.10 Å². The van der Waals surface area contributed by atoms with E-state index in [-0.39, 0.29) is 17.3 Å². The fourth-order valence-electron chi connectivity index (χ4n) is 3.14. The lowest BCUT2D eigenvalue weighted by molar-refractivity contribution is -0.384. The number of hydrazone groups is 1. The van der Waals surface area contributed by atoms with Crippen LogP contribution in [-0.2, 0) is 6.61 Å². The predicted molar refractivity (Wildman–Crippen MR) is 135 cm³/mol.